The average molecular weight is 413 g/mol. The third-order valence-electron chi connectivity index (χ3n) is 4.37. The Kier molecular flexibility index (Phi) is 7.33. The predicted molar refractivity (Wildman–Crippen MR) is 108 cm³/mol. The number of amides is 1. The van der Waals surface area contributed by atoms with E-state index in [4.69, 9.17) is 9.47 Å². The van der Waals surface area contributed by atoms with E-state index in [1.807, 2.05) is 6.92 Å². The van der Waals surface area contributed by atoms with E-state index >= 15 is 0 Å². The van der Waals surface area contributed by atoms with Crippen LogP contribution in [-0.2, 0) is 14.8 Å². The Hall–Kier alpha value is -1.80. The first-order valence-electron chi connectivity index (χ1n) is 9.75. The fraction of sp³-hybridized carbons (Fsp3) is 0.650. The van der Waals surface area contributed by atoms with Crippen LogP contribution in [0.1, 0.15) is 52.5 Å². The number of nitrogens with one attached hydrogen (secondary N) is 1. The molecule has 8 heteroatoms. The molecular formula is C20H32N2O5S. The van der Waals surface area contributed by atoms with Gasteiger partial charge >= 0.3 is 6.09 Å². The van der Waals surface area contributed by atoms with Crippen molar-refractivity contribution in [1.29, 1.82) is 0 Å². The molecule has 0 saturated carbocycles. The van der Waals surface area contributed by atoms with Crippen LogP contribution in [0.3, 0.4) is 0 Å². The highest BCUT2D eigenvalue weighted by Gasteiger charge is 2.32. The average Bonchev–Trinajstić information content (AvgIpc) is 3.03. The molecule has 0 radical (unpaired) electrons. The van der Waals surface area contributed by atoms with Gasteiger partial charge in [-0.25, -0.2) is 17.9 Å². The minimum absolute atomic E-state index is 0.198. The third kappa shape index (κ3) is 6.38. The van der Waals surface area contributed by atoms with Gasteiger partial charge in [-0.15, -0.1) is 0 Å². The van der Waals surface area contributed by atoms with Gasteiger partial charge < -0.3 is 14.4 Å². The van der Waals surface area contributed by atoms with Crippen LogP contribution in [0, 0.1) is 6.92 Å². The summed E-state index contributed by atoms with van der Waals surface area (Å²) in [6.45, 7) is 10.7. The molecule has 0 bridgehead atoms. The van der Waals surface area contributed by atoms with Crippen molar-refractivity contribution in [3.05, 3.63) is 23.8 Å². The van der Waals surface area contributed by atoms with E-state index in [0.717, 1.165) is 18.4 Å². The van der Waals surface area contributed by atoms with Crippen molar-refractivity contribution in [1.82, 2.24) is 9.62 Å². The van der Waals surface area contributed by atoms with Crippen LogP contribution in [0.25, 0.3) is 0 Å². The summed E-state index contributed by atoms with van der Waals surface area (Å²) in [5.74, 6) is 0.698. The molecule has 1 aromatic rings. The van der Waals surface area contributed by atoms with Gasteiger partial charge in [-0.05, 0) is 64.3 Å². The van der Waals surface area contributed by atoms with Gasteiger partial charge in [-0.1, -0.05) is 13.3 Å². The first-order chi connectivity index (χ1) is 13.0. The SMILES string of the molecule is CCCCOc1ccc(S(=O)(=O)N[C@H]2CCN(C(=O)OC(C)(C)C)C2)cc1C. The maximum atomic E-state index is 12.7. The van der Waals surface area contributed by atoms with Crippen molar-refractivity contribution >= 4 is 16.1 Å². The van der Waals surface area contributed by atoms with E-state index in [1.54, 1.807) is 39.0 Å². The summed E-state index contributed by atoms with van der Waals surface area (Å²) >= 11 is 0. The number of aryl methyl sites for hydroxylation is 1. The minimum Gasteiger partial charge on any atom is -0.493 e. The van der Waals surface area contributed by atoms with E-state index in [-0.39, 0.29) is 10.9 Å². The smallest absolute Gasteiger partial charge is 0.410 e. The summed E-state index contributed by atoms with van der Waals surface area (Å²) < 4.78 is 39.2. The van der Waals surface area contributed by atoms with Crippen LogP contribution < -0.4 is 9.46 Å². The molecule has 1 amide bonds. The van der Waals surface area contributed by atoms with Crippen LogP contribution in [0.2, 0.25) is 0 Å². The first kappa shape index (κ1) is 22.5. The van der Waals surface area contributed by atoms with Gasteiger partial charge in [0.1, 0.15) is 11.4 Å². The number of nitrogens with zero attached hydrogens (tertiary/aromatic N) is 1. The Morgan fingerprint density at radius 3 is 2.64 bits per heavy atom. The van der Waals surface area contributed by atoms with Crippen LogP contribution in [-0.4, -0.2) is 50.8 Å². The standard InChI is InChI=1S/C20H32N2O5S/c1-6-7-12-26-18-9-8-17(13-15(18)2)28(24,25)21-16-10-11-22(14-16)19(23)27-20(3,4)5/h8-9,13,16,21H,6-7,10-12,14H2,1-5H3/t16-/m0/s1. The second-order valence-electron chi connectivity index (χ2n) is 8.16. The van der Waals surface area contributed by atoms with Crippen LogP contribution in [0.5, 0.6) is 5.75 Å². The lowest BCUT2D eigenvalue weighted by molar-refractivity contribution is 0.0292. The quantitative estimate of drug-likeness (QED) is 0.693. The molecule has 0 unspecified atom stereocenters. The molecule has 158 valence electrons. The normalized spacial score (nSPS) is 17.6. The zero-order chi connectivity index (χ0) is 20.9. The third-order valence-corrected chi connectivity index (χ3v) is 5.89. The van der Waals surface area contributed by atoms with E-state index < -0.39 is 21.7 Å². The molecule has 1 heterocycles. The molecule has 1 aliphatic heterocycles. The van der Waals surface area contributed by atoms with Gasteiger partial charge in [-0.3, -0.25) is 0 Å². The molecule has 7 nitrogen and oxygen atoms in total. The topological polar surface area (TPSA) is 84.9 Å². The predicted octanol–water partition coefficient (Wildman–Crippen LogP) is 3.46. The molecular weight excluding hydrogens is 380 g/mol. The molecule has 1 atom stereocenters. The molecule has 0 spiro atoms. The van der Waals surface area contributed by atoms with Crippen molar-refractivity contribution in [2.45, 2.75) is 70.4 Å². The van der Waals surface area contributed by atoms with Crippen molar-refractivity contribution in [2.24, 2.45) is 0 Å². The maximum absolute atomic E-state index is 12.7. The van der Waals surface area contributed by atoms with E-state index in [1.165, 1.54) is 4.90 Å². The number of sulfonamides is 1. The van der Waals surface area contributed by atoms with Crippen molar-refractivity contribution < 1.29 is 22.7 Å². The van der Waals surface area contributed by atoms with Crippen molar-refractivity contribution in [3.63, 3.8) is 0 Å². The fourth-order valence-corrected chi connectivity index (χ4v) is 4.26. The highest BCUT2D eigenvalue weighted by atomic mass is 32.2. The number of likely N-dealkylation sites (tertiary alicyclic amines) is 1. The number of hydrogen-bond acceptors (Lipinski definition) is 5. The minimum atomic E-state index is -3.68. The Morgan fingerprint density at radius 2 is 2.04 bits per heavy atom. The molecule has 1 aliphatic rings. The number of carbonyl (C=O) groups is 1. The fourth-order valence-electron chi connectivity index (χ4n) is 2.91. The number of ether oxygens (including phenoxy) is 2. The van der Waals surface area contributed by atoms with Crippen molar-refractivity contribution in [2.75, 3.05) is 19.7 Å². The Balaban J connectivity index is 1.98. The Morgan fingerprint density at radius 1 is 1.32 bits per heavy atom. The van der Waals surface area contributed by atoms with Gasteiger partial charge in [0.2, 0.25) is 10.0 Å². The second-order valence-corrected chi connectivity index (χ2v) is 9.88. The largest absolute Gasteiger partial charge is 0.493 e. The summed E-state index contributed by atoms with van der Waals surface area (Å²) in [4.78, 5) is 13.9. The highest BCUT2D eigenvalue weighted by molar-refractivity contribution is 7.89. The summed E-state index contributed by atoms with van der Waals surface area (Å²) in [6.07, 6.45) is 2.13. The van der Waals surface area contributed by atoms with Crippen LogP contribution >= 0.6 is 0 Å². The van der Waals surface area contributed by atoms with Gasteiger partial charge in [-0.2, -0.15) is 0 Å². The summed E-state index contributed by atoms with van der Waals surface area (Å²) in [5.41, 5.74) is 0.202. The zero-order valence-corrected chi connectivity index (χ0v) is 18.3. The van der Waals surface area contributed by atoms with Gasteiger partial charge in [0, 0.05) is 19.1 Å². The molecule has 2 rings (SSSR count). The number of hydrogen-bond donors (Lipinski definition) is 1. The molecule has 1 saturated heterocycles. The van der Waals surface area contributed by atoms with Crippen LogP contribution in [0.15, 0.2) is 23.1 Å². The lowest BCUT2D eigenvalue weighted by atomic mass is 10.2. The Labute approximate surface area is 168 Å². The Bertz CT molecular complexity index is 786. The van der Waals surface area contributed by atoms with E-state index in [9.17, 15) is 13.2 Å². The molecule has 1 aromatic carbocycles. The number of carbonyl (C=O) groups excluding carboxylic acids is 1. The number of unbranched alkanes of at least 4 members (excludes halogenated alkanes) is 1. The van der Waals surface area contributed by atoms with E-state index in [2.05, 4.69) is 11.6 Å². The highest BCUT2D eigenvalue weighted by Crippen LogP contribution is 2.23. The lowest BCUT2D eigenvalue weighted by Gasteiger charge is -2.24. The molecule has 28 heavy (non-hydrogen) atoms. The number of rotatable bonds is 7. The van der Waals surface area contributed by atoms with Crippen LogP contribution in [0.4, 0.5) is 4.79 Å². The molecule has 0 aliphatic carbocycles. The van der Waals surface area contributed by atoms with E-state index in [0.29, 0.717) is 31.9 Å². The zero-order valence-electron chi connectivity index (χ0n) is 17.4. The van der Waals surface area contributed by atoms with Crippen molar-refractivity contribution in [3.8, 4) is 5.75 Å². The summed E-state index contributed by atoms with van der Waals surface area (Å²) in [6, 6.07) is 4.53. The second kappa shape index (κ2) is 9.13. The van der Waals surface area contributed by atoms with Gasteiger partial charge in [0.25, 0.3) is 0 Å². The molecule has 1 fully saturated rings. The summed E-state index contributed by atoms with van der Waals surface area (Å²) in [7, 11) is -3.68. The summed E-state index contributed by atoms with van der Waals surface area (Å²) in [5, 5.41) is 0. The first-order valence-corrected chi connectivity index (χ1v) is 11.2. The lowest BCUT2D eigenvalue weighted by Crippen LogP contribution is -2.40. The molecule has 1 N–H and O–H groups in total. The maximum Gasteiger partial charge on any atom is 0.410 e. The monoisotopic (exact) mass is 412 g/mol. The van der Waals surface area contributed by atoms with Gasteiger partial charge in [0.05, 0.1) is 11.5 Å². The number of benzene rings is 1. The molecule has 0 aromatic heterocycles. The van der Waals surface area contributed by atoms with Gasteiger partial charge in [0.15, 0.2) is 0 Å².